The van der Waals surface area contributed by atoms with E-state index in [9.17, 15) is 9.90 Å². The molecule has 2 aliphatic carbocycles. The number of likely N-dealkylation sites (tertiary alicyclic amines) is 1. The van der Waals surface area contributed by atoms with E-state index >= 15 is 0 Å². The quantitative estimate of drug-likeness (QED) is 0.872. The lowest BCUT2D eigenvalue weighted by Crippen LogP contribution is -2.34. The highest BCUT2D eigenvalue weighted by molar-refractivity contribution is 5.83. The van der Waals surface area contributed by atoms with Gasteiger partial charge in [-0.25, -0.2) is 0 Å². The van der Waals surface area contributed by atoms with E-state index in [1.54, 1.807) is 6.07 Å². The number of amides is 1. The van der Waals surface area contributed by atoms with Crippen LogP contribution in [0.5, 0.6) is 5.75 Å². The first-order valence-electron chi connectivity index (χ1n) is 10.2. The van der Waals surface area contributed by atoms with Crippen LogP contribution in [0, 0.1) is 17.8 Å². The minimum Gasteiger partial charge on any atom is -0.507 e. The maximum Gasteiger partial charge on any atom is 0.225 e. The normalized spacial score (nSPS) is 31.9. The molecule has 1 aliphatic heterocycles. The molecule has 4 rings (SSSR count). The molecule has 140 valence electrons. The van der Waals surface area contributed by atoms with Gasteiger partial charge in [0.25, 0.3) is 0 Å². The fourth-order valence-electron chi connectivity index (χ4n) is 4.89. The van der Waals surface area contributed by atoms with Crippen molar-refractivity contribution in [2.45, 2.75) is 51.0 Å². The summed E-state index contributed by atoms with van der Waals surface area (Å²) in [6.07, 6.45) is 9.63. The molecule has 0 radical (unpaired) electrons. The van der Waals surface area contributed by atoms with Crippen molar-refractivity contribution in [2.75, 3.05) is 13.1 Å². The van der Waals surface area contributed by atoms with E-state index in [1.165, 1.54) is 12.0 Å². The van der Waals surface area contributed by atoms with Gasteiger partial charge in [-0.05, 0) is 68.4 Å². The maximum absolute atomic E-state index is 13.0. The molecule has 0 spiro atoms. The first-order valence-corrected chi connectivity index (χ1v) is 10.2. The second-order valence-electron chi connectivity index (χ2n) is 8.24. The summed E-state index contributed by atoms with van der Waals surface area (Å²) in [6.45, 7) is 1.68. The Labute approximate surface area is 156 Å². The zero-order chi connectivity index (χ0) is 18.1. The number of nitrogens with zero attached hydrogens (tertiary/aromatic N) is 1. The topological polar surface area (TPSA) is 66.6 Å². The largest absolute Gasteiger partial charge is 0.507 e. The summed E-state index contributed by atoms with van der Waals surface area (Å²) in [7, 11) is 0. The van der Waals surface area contributed by atoms with Gasteiger partial charge in [0.05, 0.1) is 0 Å². The molecule has 4 nitrogen and oxygen atoms in total. The van der Waals surface area contributed by atoms with E-state index in [4.69, 9.17) is 5.73 Å². The molecule has 3 N–H and O–H groups in total. The van der Waals surface area contributed by atoms with Crippen molar-refractivity contribution < 1.29 is 9.90 Å². The lowest BCUT2D eigenvalue weighted by atomic mass is 9.79. The average molecular weight is 354 g/mol. The number of allylic oxidation sites excluding steroid dienone is 2. The first kappa shape index (κ1) is 17.6. The number of aromatic hydroxyl groups is 1. The molecular weight excluding hydrogens is 324 g/mol. The van der Waals surface area contributed by atoms with Crippen molar-refractivity contribution in [3.05, 3.63) is 35.9 Å². The van der Waals surface area contributed by atoms with Crippen LogP contribution in [0.4, 0.5) is 0 Å². The number of nitrogens with two attached hydrogens (primary N) is 1. The Kier molecular flexibility index (Phi) is 5.03. The molecular formula is C22H30N2O2. The molecule has 26 heavy (non-hydrogen) atoms. The molecule has 4 heteroatoms. The fourth-order valence-corrected chi connectivity index (χ4v) is 4.89. The Morgan fingerprint density at radius 2 is 1.96 bits per heavy atom. The molecule has 4 unspecified atom stereocenters. The Balaban J connectivity index is 1.46. The SMILES string of the molecule is NC1CCCN(C(=O)C2CC2C2CCCC=C2c2ccccc2O)CC1. The van der Waals surface area contributed by atoms with Crippen molar-refractivity contribution in [3.63, 3.8) is 0 Å². The molecule has 1 saturated carbocycles. The number of hydrogen-bond donors (Lipinski definition) is 2. The minimum absolute atomic E-state index is 0.168. The van der Waals surface area contributed by atoms with Gasteiger partial charge in [0.2, 0.25) is 5.91 Å². The van der Waals surface area contributed by atoms with Gasteiger partial charge in [-0.3, -0.25) is 4.79 Å². The molecule has 0 bridgehead atoms. The van der Waals surface area contributed by atoms with Crippen LogP contribution in [0.2, 0.25) is 0 Å². The molecule has 1 heterocycles. The third-order valence-electron chi connectivity index (χ3n) is 6.46. The Bertz CT molecular complexity index is 699. The molecule has 1 aromatic rings. The van der Waals surface area contributed by atoms with Gasteiger partial charge in [0.1, 0.15) is 5.75 Å². The third-order valence-corrected chi connectivity index (χ3v) is 6.46. The van der Waals surface area contributed by atoms with E-state index < -0.39 is 0 Å². The number of carbonyl (C=O) groups is 1. The summed E-state index contributed by atoms with van der Waals surface area (Å²) < 4.78 is 0. The van der Waals surface area contributed by atoms with Gasteiger partial charge in [-0.15, -0.1) is 0 Å². The van der Waals surface area contributed by atoms with Crippen LogP contribution in [0.3, 0.4) is 0 Å². The number of phenols is 1. The second kappa shape index (κ2) is 7.43. The Morgan fingerprint density at radius 1 is 1.12 bits per heavy atom. The highest BCUT2D eigenvalue weighted by Crippen LogP contribution is 2.53. The van der Waals surface area contributed by atoms with Gasteiger partial charge < -0.3 is 15.7 Å². The zero-order valence-electron chi connectivity index (χ0n) is 15.4. The average Bonchev–Trinajstić information content (AvgIpc) is 3.46. The molecule has 3 aliphatic rings. The second-order valence-corrected chi connectivity index (χ2v) is 8.24. The van der Waals surface area contributed by atoms with Gasteiger partial charge in [0.15, 0.2) is 0 Å². The minimum atomic E-state index is 0.168. The van der Waals surface area contributed by atoms with Gasteiger partial charge >= 0.3 is 0 Å². The van der Waals surface area contributed by atoms with Crippen LogP contribution in [0.15, 0.2) is 30.3 Å². The Morgan fingerprint density at radius 3 is 2.81 bits per heavy atom. The van der Waals surface area contributed by atoms with Crippen molar-refractivity contribution in [1.29, 1.82) is 0 Å². The van der Waals surface area contributed by atoms with Crippen LogP contribution in [-0.4, -0.2) is 35.0 Å². The van der Waals surface area contributed by atoms with E-state index in [0.717, 1.165) is 57.2 Å². The zero-order valence-corrected chi connectivity index (χ0v) is 15.4. The van der Waals surface area contributed by atoms with Crippen molar-refractivity contribution in [3.8, 4) is 5.75 Å². The van der Waals surface area contributed by atoms with Crippen LogP contribution in [0.25, 0.3) is 5.57 Å². The van der Waals surface area contributed by atoms with Crippen molar-refractivity contribution in [1.82, 2.24) is 4.90 Å². The lowest BCUT2D eigenvalue weighted by molar-refractivity contribution is -0.133. The van der Waals surface area contributed by atoms with E-state index in [-0.39, 0.29) is 12.0 Å². The van der Waals surface area contributed by atoms with Gasteiger partial charge in [-0.2, -0.15) is 0 Å². The predicted octanol–water partition coefficient (Wildman–Crippen LogP) is 3.55. The molecule has 1 saturated heterocycles. The van der Waals surface area contributed by atoms with Crippen LogP contribution in [0.1, 0.15) is 50.5 Å². The number of rotatable bonds is 3. The highest BCUT2D eigenvalue weighted by atomic mass is 16.3. The lowest BCUT2D eigenvalue weighted by Gasteiger charge is -2.26. The number of para-hydroxylation sites is 1. The number of carbonyl (C=O) groups excluding carboxylic acids is 1. The standard InChI is InChI=1S/C22H30N2O2/c23-15-6-5-12-24(13-11-15)22(26)20-14-19(20)17-8-2-1-7-16(17)18-9-3-4-10-21(18)25/h3-4,7,9-10,15,17,19-20,25H,1-2,5-6,8,11-14,23H2. The van der Waals surface area contributed by atoms with Crippen molar-refractivity contribution >= 4 is 11.5 Å². The van der Waals surface area contributed by atoms with Crippen LogP contribution < -0.4 is 5.73 Å². The van der Waals surface area contributed by atoms with E-state index in [1.807, 2.05) is 18.2 Å². The monoisotopic (exact) mass is 354 g/mol. The summed E-state index contributed by atoms with van der Waals surface area (Å²) in [5.41, 5.74) is 8.27. The molecule has 1 amide bonds. The summed E-state index contributed by atoms with van der Waals surface area (Å²) in [6, 6.07) is 7.87. The van der Waals surface area contributed by atoms with E-state index in [0.29, 0.717) is 23.5 Å². The predicted molar refractivity (Wildman–Crippen MR) is 103 cm³/mol. The summed E-state index contributed by atoms with van der Waals surface area (Å²) in [5, 5.41) is 10.3. The molecule has 4 atom stereocenters. The number of hydrogen-bond acceptors (Lipinski definition) is 3. The number of benzene rings is 1. The van der Waals surface area contributed by atoms with Crippen LogP contribution >= 0.6 is 0 Å². The van der Waals surface area contributed by atoms with Gasteiger partial charge in [0, 0.05) is 30.6 Å². The third kappa shape index (κ3) is 3.52. The fraction of sp³-hybridized carbons (Fsp3) is 0.591. The summed E-state index contributed by atoms with van der Waals surface area (Å²) in [4.78, 5) is 15.1. The number of phenolic OH excluding ortho intramolecular Hbond substituents is 1. The van der Waals surface area contributed by atoms with Gasteiger partial charge in [-0.1, -0.05) is 24.3 Å². The maximum atomic E-state index is 13.0. The summed E-state index contributed by atoms with van der Waals surface area (Å²) >= 11 is 0. The molecule has 0 aromatic heterocycles. The smallest absolute Gasteiger partial charge is 0.225 e. The van der Waals surface area contributed by atoms with E-state index in [2.05, 4.69) is 11.0 Å². The highest BCUT2D eigenvalue weighted by Gasteiger charge is 2.50. The first-order chi connectivity index (χ1) is 12.6. The molecule has 2 fully saturated rings. The van der Waals surface area contributed by atoms with Crippen molar-refractivity contribution in [2.24, 2.45) is 23.5 Å². The van der Waals surface area contributed by atoms with Crippen LogP contribution in [-0.2, 0) is 4.79 Å². The molecule has 1 aromatic carbocycles. The summed E-state index contributed by atoms with van der Waals surface area (Å²) in [5.74, 6) is 1.70. The Hall–Kier alpha value is -1.81.